The number of carboxylic acid groups (broad SMARTS) is 1. The van der Waals surface area contributed by atoms with E-state index in [0.717, 1.165) is 7.11 Å². The van der Waals surface area contributed by atoms with Gasteiger partial charge in [0.15, 0.2) is 0 Å². The van der Waals surface area contributed by atoms with E-state index in [1.54, 1.807) is 0 Å². The molecule has 0 aliphatic rings. The van der Waals surface area contributed by atoms with E-state index in [-0.39, 0.29) is 18.7 Å². The van der Waals surface area contributed by atoms with Crippen molar-refractivity contribution in [2.45, 2.75) is 12.5 Å². The molecule has 0 fully saturated rings. The Bertz CT molecular complexity index is 209. The standard InChI is InChI=1S/C5H12NO5P.H3N/c1-11-12(9,10)3-2-4(6)5(7)8;/h4H,2-3,6H2,1H3,(H,7,8)(H,9,10);1H3/t4-;/m0./s1. The average Bonchev–Trinajstić information content (AvgIpc) is 2.00. The minimum atomic E-state index is -3.61. The molecule has 0 spiro atoms. The molecule has 0 amide bonds. The van der Waals surface area contributed by atoms with Crippen molar-refractivity contribution in [2.24, 2.45) is 5.73 Å². The van der Waals surface area contributed by atoms with Gasteiger partial charge in [-0.3, -0.25) is 9.36 Å². The van der Waals surface area contributed by atoms with Crippen LogP contribution in [-0.4, -0.2) is 35.3 Å². The monoisotopic (exact) mass is 214 g/mol. The molecule has 7 nitrogen and oxygen atoms in total. The van der Waals surface area contributed by atoms with Crippen LogP contribution in [0, 0.1) is 0 Å². The summed E-state index contributed by atoms with van der Waals surface area (Å²) < 4.78 is 15.0. The Kier molecular flexibility index (Phi) is 7.01. The van der Waals surface area contributed by atoms with Crippen molar-refractivity contribution < 1.29 is 23.9 Å². The van der Waals surface area contributed by atoms with Gasteiger partial charge in [0.05, 0.1) is 6.16 Å². The van der Waals surface area contributed by atoms with Gasteiger partial charge in [0.2, 0.25) is 0 Å². The molecule has 8 heteroatoms. The van der Waals surface area contributed by atoms with Crippen LogP contribution in [0.15, 0.2) is 0 Å². The molecular formula is C5H15N2O5P. The third-order valence-electron chi connectivity index (χ3n) is 1.33. The van der Waals surface area contributed by atoms with E-state index in [4.69, 9.17) is 15.7 Å². The van der Waals surface area contributed by atoms with Crippen molar-refractivity contribution in [1.82, 2.24) is 6.15 Å². The van der Waals surface area contributed by atoms with Crippen molar-refractivity contribution in [3.05, 3.63) is 0 Å². The highest BCUT2D eigenvalue weighted by molar-refractivity contribution is 7.52. The van der Waals surface area contributed by atoms with Crippen LogP contribution in [0.2, 0.25) is 0 Å². The lowest BCUT2D eigenvalue weighted by atomic mass is 10.2. The molecule has 2 atom stereocenters. The summed E-state index contributed by atoms with van der Waals surface area (Å²) in [6, 6.07) is -1.11. The van der Waals surface area contributed by atoms with E-state index in [2.05, 4.69) is 4.52 Å². The molecule has 7 N–H and O–H groups in total. The van der Waals surface area contributed by atoms with Gasteiger partial charge in [-0.25, -0.2) is 0 Å². The largest absolute Gasteiger partial charge is 0.480 e. The maximum atomic E-state index is 10.8. The summed E-state index contributed by atoms with van der Waals surface area (Å²) in [5.41, 5.74) is 5.09. The molecule has 0 saturated carbocycles. The molecule has 0 aromatic rings. The van der Waals surface area contributed by atoms with Crippen LogP contribution in [0.4, 0.5) is 0 Å². The molecule has 0 radical (unpaired) electrons. The van der Waals surface area contributed by atoms with Gasteiger partial charge >= 0.3 is 13.6 Å². The highest BCUT2D eigenvalue weighted by atomic mass is 31.2. The third kappa shape index (κ3) is 6.68. The Labute approximate surface area is 76.0 Å². The molecule has 0 saturated heterocycles. The number of hydrogen-bond acceptors (Lipinski definition) is 5. The molecule has 0 rings (SSSR count). The second-order valence-electron chi connectivity index (χ2n) is 2.28. The number of nitrogens with two attached hydrogens (primary N) is 1. The van der Waals surface area contributed by atoms with Crippen LogP contribution in [-0.2, 0) is 13.9 Å². The van der Waals surface area contributed by atoms with Crippen molar-refractivity contribution in [2.75, 3.05) is 13.3 Å². The fraction of sp³-hybridized carbons (Fsp3) is 0.800. The zero-order valence-electron chi connectivity index (χ0n) is 7.34. The van der Waals surface area contributed by atoms with Crippen LogP contribution in [0.1, 0.15) is 6.42 Å². The van der Waals surface area contributed by atoms with Crippen molar-refractivity contribution >= 4 is 13.6 Å². The van der Waals surface area contributed by atoms with Gasteiger partial charge in [-0.05, 0) is 6.42 Å². The highest BCUT2D eigenvalue weighted by Gasteiger charge is 2.21. The molecule has 0 aliphatic carbocycles. The molecule has 0 aromatic carbocycles. The number of carbonyl (C=O) groups is 1. The minimum absolute atomic E-state index is 0. The Morgan fingerprint density at radius 1 is 1.69 bits per heavy atom. The topological polar surface area (TPSA) is 145 Å². The lowest BCUT2D eigenvalue weighted by Gasteiger charge is -2.10. The Balaban J connectivity index is 0. The summed E-state index contributed by atoms with van der Waals surface area (Å²) in [5.74, 6) is -1.19. The maximum absolute atomic E-state index is 10.8. The average molecular weight is 214 g/mol. The molecule has 1 unspecified atom stereocenters. The quantitative estimate of drug-likeness (QED) is 0.463. The lowest BCUT2D eigenvalue weighted by Crippen LogP contribution is -2.30. The predicted octanol–water partition coefficient (Wildman–Crippen LogP) is -0.218. The number of aliphatic carboxylic acids is 1. The first-order valence-electron chi connectivity index (χ1n) is 3.25. The minimum Gasteiger partial charge on any atom is -0.480 e. The Hall–Kier alpha value is -0.460. The Morgan fingerprint density at radius 3 is 2.46 bits per heavy atom. The van der Waals surface area contributed by atoms with E-state index >= 15 is 0 Å². The molecule has 0 heterocycles. The van der Waals surface area contributed by atoms with Crippen LogP contribution in [0.3, 0.4) is 0 Å². The highest BCUT2D eigenvalue weighted by Crippen LogP contribution is 2.41. The summed E-state index contributed by atoms with van der Waals surface area (Å²) in [6.07, 6.45) is -0.312. The van der Waals surface area contributed by atoms with E-state index in [9.17, 15) is 9.36 Å². The molecule has 0 bridgehead atoms. The summed E-state index contributed by atoms with van der Waals surface area (Å²) in [6.45, 7) is 0. The van der Waals surface area contributed by atoms with Gasteiger partial charge in [-0.2, -0.15) is 0 Å². The van der Waals surface area contributed by atoms with E-state index in [1.807, 2.05) is 0 Å². The van der Waals surface area contributed by atoms with Gasteiger partial charge in [0.1, 0.15) is 6.04 Å². The molecule has 0 aliphatic heterocycles. The van der Waals surface area contributed by atoms with Crippen molar-refractivity contribution in [3.63, 3.8) is 0 Å². The van der Waals surface area contributed by atoms with Gasteiger partial charge in [-0.15, -0.1) is 0 Å². The molecular weight excluding hydrogens is 199 g/mol. The smallest absolute Gasteiger partial charge is 0.327 e. The number of carboxylic acids is 1. The van der Waals surface area contributed by atoms with Gasteiger partial charge in [0.25, 0.3) is 0 Å². The van der Waals surface area contributed by atoms with Gasteiger partial charge in [0, 0.05) is 7.11 Å². The normalized spacial score (nSPS) is 16.8. The second-order valence-corrected chi connectivity index (χ2v) is 4.36. The van der Waals surface area contributed by atoms with Crippen LogP contribution < -0.4 is 11.9 Å². The Morgan fingerprint density at radius 2 is 2.15 bits per heavy atom. The summed E-state index contributed by atoms with van der Waals surface area (Å²) >= 11 is 0. The van der Waals surface area contributed by atoms with E-state index < -0.39 is 19.6 Å². The molecule has 13 heavy (non-hydrogen) atoms. The fourth-order valence-electron chi connectivity index (χ4n) is 0.517. The SMILES string of the molecule is COP(=O)(O)CC[C@H](N)C(=O)O.N. The summed E-state index contributed by atoms with van der Waals surface area (Å²) in [5, 5.41) is 8.31. The fourth-order valence-corrected chi connectivity index (χ4v) is 1.30. The first kappa shape index (κ1) is 15.0. The zero-order valence-corrected chi connectivity index (χ0v) is 8.24. The van der Waals surface area contributed by atoms with Crippen molar-refractivity contribution in [1.29, 1.82) is 0 Å². The van der Waals surface area contributed by atoms with E-state index in [1.165, 1.54) is 0 Å². The van der Waals surface area contributed by atoms with Crippen LogP contribution in [0.25, 0.3) is 0 Å². The van der Waals surface area contributed by atoms with Gasteiger partial charge in [-0.1, -0.05) is 0 Å². The molecule has 0 aromatic heterocycles. The first-order valence-corrected chi connectivity index (χ1v) is 5.01. The lowest BCUT2D eigenvalue weighted by molar-refractivity contribution is -0.138. The van der Waals surface area contributed by atoms with E-state index in [0.29, 0.717) is 0 Å². The predicted molar refractivity (Wildman–Crippen MR) is 47.0 cm³/mol. The van der Waals surface area contributed by atoms with Crippen LogP contribution >= 0.6 is 7.60 Å². The maximum Gasteiger partial charge on any atom is 0.327 e. The van der Waals surface area contributed by atoms with Crippen molar-refractivity contribution in [3.8, 4) is 0 Å². The number of rotatable bonds is 5. The summed E-state index contributed by atoms with van der Waals surface area (Å²) in [7, 11) is -2.52. The van der Waals surface area contributed by atoms with Gasteiger partial charge < -0.3 is 26.4 Å². The molecule has 80 valence electrons. The third-order valence-corrected chi connectivity index (χ3v) is 2.72. The zero-order chi connectivity index (χ0) is 9.78. The number of hydrogen-bond donors (Lipinski definition) is 4. The summed E-state index contributed by atoms with van der Waals surface area (Å²) in [4.78, 5) is 19.0. The van der Waals surface area contributed by atoms with Crippen LogP contribution in [0.5, 0.6) is 0 Å². The second kappa shape index (κ2) is 6.06. The first-order chi connectivity index (χ1) is 5.39.